The smallest absolute Gasteiger partial charge is 0.297 e. The zero-order chi connectivity index (χ0) is 13.2. The molecule has 2 aromatic rings. The molecule has 0 radical (unpaired) electrons. The Bertz CT molecular complexity index is 574. The lowest BCUT2D eigenvalue weighted by Crippen LogP contribution is -2.31. The van der Waals surface area contributed by atoms with E-state index in [0.717, 1.165) is 24.4 Å². The van der Waals surface area contributed by atoms with Gasteiger partial charge in [-0.3, -0.25) is 9.89 Å². The second-order valence-corrected chi connectivity index (χ2v) is 4.70. The first-order valence-electron chi connectivity index (χ1n) is 6.58. The summed E-state index contributed by atoms with van der Waals surface area (Å²) < 4.78 is 0. The number of carbonyl (C=O) groups excluding carboxylic acids is 1. The summed E-state index contributed by atoms with van der Waals surface area (Å²) >= 11 is 0. The summed E-state index contributed by atoms with van der Waals surface area (Å²) in [6.45, 7) is 2.54. The van der Waals surface area contributed by atoms with Crippen molar-refractivity contribution in [3.63, 3.8) is 0 Å². The highest BCUT2D eigenvalue weighted by atomic mass is 16.2. The number of para-hydroxylation sites is 1. The monoisotopic (exact) mass is 256 g/mol. The average molecular weight is 256 g/mol. The molecule has 0 spiro atoms. The molecule has 0 unspecified atom stereocenters. The van der Waals surface area contributed by atoms with Gasteiger partial charge in [-0.25, -0.2) is 4.98 Å². The van der Waals surface area contributed by atoms with E-state index in [9.17, 15) is 4.79 Å². The first kappa shape index (κ1) is 11.9. The fourth-order valence-electron chi connectivity index (χ4n) is 2.08. The van der Waals surface area contributed by atoms with Gasteiger partial charge in [0.25, 0.3) is 5.91 Å². The van der Waals surface area contributed by atoms with Crippen LogP contribution < -0.4 is 4.90 Å². The van der Waals surface area contributed by atoms with E-state index in [1.165, 1.54) is 0 Å². The normalized spacial score (nSPS) is 14.4. The molecule has 1 saturated carbocycles. The standard InChI is InChI=1S/C14H16N4O/c1-2-18(11-6-4-3-5-7-11)14(19)13-15-12(16-17-13)10-8-9-10/h3-7,10H,2,8-9H2,1H3,(H,15,16,17). The number of amides is 1. The second kappa shape index (κ2) is 4.84. The molecule has 1 N–H and O–H groups in total. The van der Waals surface area contributed by atoms with Gasteiger partial charge in [0.2, 0.25) is 5.82 Å². The number of nitrogens with one attached hydrogen (secondary N) is 1. The van der Waals surface area contributed by atoms with Gasteiger partial charge in [-0.15, -0.1) is 5.10 Å². The van der Waals surface area contributed by atoms with Gasteiger partial charge in [0.1, 0.15) is 5.82 Å². The third kappa shape index (κ3) is 2.36. The van der Waals surface area contributed by atoms with Crippen LogP contribution in [0, 0.1) is 0 Å². The van der Waals surface area contributed by atoms with Gasteiger partial charge in [-0.1, -0.05) is 18.2 Å². The summed E-state index contributed by atoms with van der Waals surface area (Å²) in [6, 6.07) is 9.59. The van der Waals surface area contributed by atoms with Crippen LogP contribution in [0.4, 0.5) is 5.69 Å². The van der Waals surface area contributed by atoms with Crippen molar-refractivity contribution in [3.8, 4) is 0 Å². The Morgan fingerprint density at radius 1 is 1.37 bits per heavy atom. The molecule has 1 fully saturated rings. The highest BCUT2D eigenvalue weighted by Crippen LogP contribution is 2.37. The maximum absolute atomic E-state index is 12.4. The Hall–Kier alpha value is -2.17. The minimum absolute atomic E-state index is 0.156. The number of rotatable bonds is 4. The molecule has 1 aliphatic carbocycles. The predicted octanol–water partition coefficient (Wildman–Crippen LogP) is 2.35. The van der Waals surface area contributed by atoms with E-state index in [4.69, 9.17) is 0 Å². The van der Waals surface area contributed by atoms with Crippen molar-refractivity contribution in [1.29, 1.82) is 0 Å². The van der Waals surface area contributed by atoms with Crippen LogP contribution in [0.5, 0.6) is 0 Å². The Morgan fingerprint density at radius 2 is 2.11 bits per heavy atom. The molecule has 0 aliphatic heterocycles. The summed E-state index contributed by atoms with van der Waals surface area (Å²) in [5.74, 6) is 1.41. The van der Waals surface area contributed by atoms with Crippen molar-refractivity contribution in [2.45, 2.75) is 25.7 Å². The number of H-pyrrole nitrogens is 1. The lowest BCUT2D eigenvalue weighted by Gasteiger charge is -2.19. The zero-order valence-corrected chi connectivity index (χ0v) is 10.8. The highest BCUT2D eigenvalue weighted by molar-refractivity contribution is 6.03. The van der Waals surface area contributed by atoms with E-state index in [2.05, 4.69) is 15.2 Å². The van der Waals surface area contributed by atoms with E-state index in [0.29, 0.717) is 12.5 Å². The number of benzene rings is 1. The van der Waals surface area contributed by atoms with Crippen molar-refractivity contribution < 1.29 is 4.79 Å². The molecule has 1 aromatic heterocycles. The van der Waals surface area contributed by atoms with Crippen LogP contribution in [0.25, 0.3) is 0 Å². The summed E-state index contributed by atoms with van der Waals surface area (Å²) in [4.78, 5) is 18.4. The van der Waals surface area contributed by atoms with Gasteiger partial charge in [0, 0.05) is 18.2 Å². The maximum atomic E-state index is 12.4. The van der Waals surface area contributed by atoms with Gasteiger partial charge < -0.3 is 4.90 Å². The van der Waals surface area contributed by atoms with Crippen LogP contribution in [0.2, 0.25) is 0 Å². The first-order valence-corrected chi connectivity index (χ1v) is 6.58. The van der Waals surface area contributed by atoms with Gasteiger partial charge in [0.05, 0.1) is 0 Å². The van der Waals surface area contributed by atoms with E-state index < -0.39 is 0 Å². The van der Waals surface area contributed by atoms with E-state index in [1.807, 2.05) is 37.3 Å². The molecular formula is C14H16N4O. The van der Waals surface area contributed by atoms with Crippen molar-refractivity contribution in [2.75, 3.05) is 11.4 Å². The number of hydrogen-bond donors (Lipinski definition) is 1. The quantitative estimate of drug-likeness (QED) is 0.913. The molecule has 19 heavy (non-hydrogen) atoms. The number of carbonyl (C=O) groups is 1. The first-order chi connectivity index (χ1) is 9.29. The molecule has 0 atom stereocenters. The number of nitrogens with zero attached hydrogens (tertiary/aromatic N) is 3. The fourth-order valence-corrected chi connectivity index (χ4v) is 2.08. The Morgan fingerprint density at radius 3 is 2.74 bits per heavy atom. The zero-order valence-electron chi connectivity index (χ0n) is 10.8. The molecule has 0 bridgehead atoms. The molecule has 1 aromatic carbocycles. The molecular weight excluding hydrogens is 240 g/mol. The van der Waals surface area contributed by atoms with E-state index >= 15 is 0 Å². The lowest BCUT2D eigenvalue weighted by molar-refractivity contribution is 0.0978. The van der Waals surface area contributed by atoms with Gasteiger partial charge >= 0.3 is 0 Å². The van der Waals surface area contributed by atoms with Crippen LogP contribution in [0.1, 0.15) is 42.1 Å². The molecule has 1 amide bonds. The third-order valence-electron chi connectivity index (χ3n) is 3.29. The highest BCUT2D eigenvalue weighted by Gasteiger charge is 2.29. The molecule has 0 saturated heterocycles. The summed E-state index contributed by atoms with van der Waals surface area (Å²) in [5, 5.41) is 6.91. The molecule has 5 heteroatoms. The third-order valence-corrected chi connectivity index (χ3v) is 3.29. The second-order valence-electron chi connectivity index (χ2n) is 4.70. The van der Waals surface area contributed by atoms with Crippen LogP contribution in [0.3, 0.4) is 0 Å². The number of hydrogen-bond acceptors (Lipinski definition) is 3. The average Bonchev–Trinajstić information content (AvgIpc) is 3.18. The minimum Gasteiger partial charge on any atom is -0.306 e. The molecule has 1 heterocycles. The molecule has 98 valence electrons. The van der Waals surface area contributed by atoms with Crippen LogP contribution in [-0.4, -0.2) is 27.6 Å². The van der Waals surface area contributed by atoms with E-state index in [1.54, 1.807) is 4.90 Å². The Kier molecular flexibility index (Phi) is 3.03. The molecule has 5 nitrogen and oxygen atoms in total. The number of anilines is 1. The molecule has 3 rings (SSSR count). The summed E-state index contributed by atoms with van der Waals surface area (Å²) in [6.07, 6.45) is 2.28. The van der Waals surface area contributed by atoms with Gasteiger partial charge in [-0.2, -0.15) is 0 Å². The minimum atomic E-state index is -0.156. The topological polar surface area (TPSA) is 61.9 Å². The van der Waals surface area contributed by atoms with Crippen LogP contribution >= 0.6 is 0 Å². The van der Waals surface area contributed by atoms with Crippen LogP contribution in [-0.2, 0) is 0 Å². The SMILES string of the molecule is CCN(C(=O)c1n[nH]c(C2CC2)n1)c1ccccc1. The van der Waals surface area contributed by atoms with Crippen molar-refractivity contribution in [1.82, 2.24) is 15.2 Å². The number of aromatic amines is 1. The van der Waals surface area contributed by atoms with Gasteiger partial charge in [0.15, 0.2) is 0 Å². The van der Waals surface area contributed by atoms with Crippen molar-refractivity contribution in [3.05, 3.63) is 42.0 Å². The fraction of sp³-hybridized carbons (Fsp3) is 0.357. The molecule has 1 aliphatic rings. The maximum Gasteiger partial charge on any atom is 0.297 e. The summed E-state index contributed by atoms with van der Waals surface area (Å²) in [7, 11) is 0. The van der Waals surface area contributed by atoms with Gasteiger partial charge in [-0.05, 0) is 31.9 Å². The predicted molar refractivity (Wildman–Crippen MR) is 72.2 cm³/mol. The Balaban J connectivity index is 1.84. The largest absolute Gasteiger partial charge is 0.306 e. The lowest BCUT2D eigenvalue weighted by atomic mass is 10.3. The Labute approximate surface area is 111 Å². The van der Waals surface area contributed by atoms with Crippen molar-refractivity contribution in [2.24, 2.45) is 0 Å². The van der Waals surface area contributed by atoms with Crippen LogP contribution in [0.15, 0.2) is 30.3 Å². The van der Waals surface area contributed by atoms with E-state index in [-0.39, 0.29) is 11.7 Å². The summed E-state index contributed by atoms with van der Waals surface area (Å²) in [5.41, 5.74) is 0.868. The van der Waals surface area contributed by atoms with Crippen molar-refractivity contribution >= 4 is 11.6 Å². The number of aromatic nitrogens is 3.